The van der Waals surface area contributed by atoms with E-state index >= 15 is 0 Å². The third kappa shape index (κ3) is 3.89. The van der Waals surface area contributed by atoms with Crippen molar-refractivity contribution < 1.29 is 9.50 Å². The minimum atomic E-state index is -0.361. The maximum absolute atomic E-state index is 11.0. The van der Waals surface area contributed by atoms with Crippen LogP contribution < -0.4 is 0 Å². The molecule has 0 aliphatic heterocycles. The molecule has 0 aliphatic rings. The van der Waals surface area contributed by atoms with Gasteiger partial charge in [0, 0.05) is 6.61 Å². The fourth-order valence-electron chi connectivity index (χ4n) is 0.168. The molecule has 0 spiro atoms. The first-order chi connectivity index (χ1) is 2.91. The average Bonchev–Trinajstić information content (AvgIpc) is 1.61. The SMILES string of the molecule is OC[CH]CCF. The molecule has 0 unspecified atom stereocenters. The molecule has 37 valence electrons. The Hall–Kier alpha value is -0.110. The number of hydrogen-bond acceptors (Lipinski definition) is 1. The zero-order valence-electron chi connectivity index (χ0n) is 3.52. The van der Waals surface area contributed by atoms with Gasteiger partial charge >= 0.3 is 0 Å². The van der Waals surface area contributed by atoms with E-state index < -0.39 is 0 Å². The molecule has 0 aromatic carbocycles. The second-order valence-electron chi connectivity index (χ2n) is 0.949. The lowest BCUT2D eigenvalue weighted by Gasteiger charge is -1.83. The Balaban J connectivity index is 2.34. The van der Waals surface area contributed by atoms with Gasteiger partial charge < -0.3 is 5.11 Å². The van der Waals surface area contributed by atoms with Gasteiger partial charge in [0.25, 0.3) is 0 Å². The van der Waals surface area contributed by atoms with Crippen LogP contribution in [0.5, 0.6) is 0 Å². The molecule has 0 amide bonds. The summed E-state index contributed by atoms with van der Waals surface area (Å²) in [4.78, 5) is 0. The molecule has 2 heteroatoms. The van der Waals surface area contributed by atoms with Crippen LogP contribution in [0.2, 0.25) is 0 Å². The van der Waals surface area contributed by atoms with E-state index in [9.17, 15) is 4.39 Å². The van der Waals surface area contributed by atoms with Crippen molar-refractivity contribution in [1.29, 1.82) is 0 Å². The molecular formula is C4H8FO. The second-order valence-corrected chi connectivity index (χ2v) is 0.949. The summed E-state index contributed by atoms with van der Waals surface area (Å²) in [5, 5.41) is 7.98. The summed E-state index contributed by atoms with van der Waals surface area (Å²) in [7, 11) is 0. The number of hydrogen-bond donors (Lipinski definition) is 1. The van der Waals surface area contributed by atoms with Gasteiger partial charge in [-0.05, 0) is 12.8 Å². The highest BCUT2D eigenvalue weighted by molar-refractivity contribution is 4.58. The first kappa shape index (κ1) is 5.89. The Morgan fingerprint density at radius 3 is 2.50 bits per heavy atom. The van der Waals surface area contributed by atoms with Crippen molar-refractivity contribution in [3.8, 4) is 0 Å². The van der Waals surface area contributed by atoms with Gasteiger partial charge in [-0.25, -0.2) is 0 Å². The number of rotatable bonds is 3. The van der Waals surface area contributed by atoms with Crippen LogP contribution in [0.4, 0.5) is 4.39 Å². The number of alkyl halides is 1. The fourth-order valence-corrected chi connectivity index (χ4v) is 0.168. The Morgan fingerprint density at radius 1 is 1.67 bits per heavy atom. The van der Waals surface area contributed by atoms with Crippen molar-refractivity contribution in [3.05, 3.63) is 6.42 Å². The molecular weight excluding hydrogens is 83.0 g/mol. The van der Waals surface area contributed by atoms with Crippen molar-refractivity contribution >= 4 is 0 Å². The minimum Gasteiger partial charge on any atom is -0.396 e. The lowest BCUT2D eigenvalue weighted by Crippen LogP contribution is -1.83. The standard InChI is InChI=1S/C4H8FO/c5-3-1-2-4-6/h2,6H,1,3-4H2. The summed E-state index contributed by atoms with van der Waals surface area (Å²) in [6, 6.07) is 0. The Labute approximate surface area is 36.8 Å². The summed E-state index contributed by atoms with van der Waals surface area (Å²) in [6.07, 6.45) is 1.86. The van der Waals surface area contributed by atoms with Crippen molar-refractivity contribution in [1.82, 2.24) is 0 Å². The first-order valence-electron chi connectivity index (χ1n) is 1.90. The molecule has 0 aromatic heterocycles. The predicted octanol–water partition coefficient (Wildman–Crippen LogP) is 0.543. The van der Waals surface area contributed by atoms with E-state index in [4.69, 9.17) is 5.11 Å². The maximum Gasteiger partial charge on any atom is 0.0898 e. The van der Waals surface area contributed by atoms with E-state index in [1.165, 1.54) is 6.42 Å². The molecule has 0 saturated carbocycles. The molecule has 0 aliphatic carbocycles. The van der Waals surface area contributed by atoms with Gasteiger partial charge in [-0.15, -0.1) is 0 Å². The normalized spacial score (nSPS) is 9.00. The molecule has 0 rings (SSSR count). The highest BCUT2D eigenvalue weighted by Gasteiger charge is 1.79. The van der Waals surface area contributed by atoms with Gasteiger partial charge in [-0.2, -0.15) is 0 Å². The highest BCUT2D eigenvalue weighted by Crippen LogP contribution is 1.82. The third-order valence-electron chi connectivity index (χ3n) is 0.442. The summed E-state index contributed by atoms with van der Waals surface area (Å²) >= 11 is 0. The molecule has 0 atom stereocenters. The number of halogens is 1. The molecule has 1 nitrogen and oxygen atoms in total. The topological polar surface area (TPSA) is 20.2 Å². The van der Waals surface area contributed by atoms with Crippen molar-refractivity contribution in [2.24, 2.45) is 0 Å². The van der Waals surface area contributed by atoms with Gasteiger partial charge in [0.2, 0.25) is 0 Å². The van der Waals surface area contributed by atoms with Crippen molar-refractivity contribution in [3.63, 3.8) is 0 Å². The van der Waals surface area contributed by atoms with Crippen molar-refractivity contribution in [2.45, 2.75) is 6.42 Å². The van der Waals surface area contributed by atoms with Gasteiger partial charge in [0.1, 0.15) is 0 Å². The van der Waals surface area contributed by atoms with Crippen LogP contribution in [0.25, 0.3) is 0 Å². The Kier molecular flexibility index (Phi) is 4.80. The van der Waals surface area contributed by atoms with Gasteiger partial charge in [-0.1, -0.05) is 0 Å². The second kappa shape index (κ2) is 4.89. The van der Waals surface area contributed by atoms with E-state index in [1.807, 2.05) is 0 Å². The summed E-state index contributed by atoms with van der Waals surface area (Å²) in [5.41, 5.74) is 0. The number of aliphatic hydroxyl groups is 1. The van der Waals surface area contributed by atoms with Gasteiger partial charge in [-0.3, -0.25) is 4.39 Å². The van der Waals surface area contributed by atoms with E-state index in [2.05, 4.69) is 0 Å². The van der Waals surface area contributed by atoms with Crippen LogP contribution in [0, 0.1) is 6.42 Å². The predicted molar refractivity (Wildman–Crippen MR) is 22.0 cm³/mol. The summed E-state index contributed by atoms with van der Waals surface area (Å²) in [5.74, 6) is 0. The van der Waals surface area contributed by atoms with Crippen LogP contribution >= 0.6 is 0 Å². The number of unbranched alkanes of at least 4 members (excludes halogenated alkanes) is 1. The third-order valence-corrected chi connectivity index (χ3v) is 0.442. The molecule has 6 heavy (non-hydrogen) atoms. The molecule has 0 bridgehead atoms. The van der Waals surface area contributed by atoms with Crippen LogP contribution in [-0.4, -0.2) is 18.4 Å². The smallest absolute Gasteiger partial charge is 0.0898 e. The summed E-state index contributed by atoms with van der Waals surface area (Å²) in [6.45, 7) is -0.371. The lowest BCUT2D eigenvalue weighted by molar-refractivity contribution is 0.318. The molecule has 1 N–H and O–H groups in total. The highest BCUT2D eigenvalue weighted by atomic mass is 19.1. The van der Waals surface area contributed by atoms with Crippen LogP contribution in [0.1, 0.15) is 6.42 Å². The minimum absolute atomic E-state index is 0.0100. The van der Waals surface area contributed by atoms with E-state index in [0.29, 0.717) is 6.42 Å². The average molecular weight is 91.1 g/mol. The zero-order chi connectivity index (χ0) is 4.83. The van der Waals surface area contributed by atoms with Crippen LogP contribution in [0.15, 0.2) is 0 Å². The molecule has 0 heterocycles. The van der Waals surface area contributed by atoms with E-state index in [1.54, 1.807) is 0 Å². The largest absolute Gasteiger partial charge is 0.396 e. The molecule has 0 fully saturated rings. The summed E-state index contributed by atoms with van der Waals surface area (Å²) < 4.78 is 11.0. The number of aliphatic hydroxyl groups excluding tert-OH is 1. The van der Waals surface area contributed by atoms with E-state index in [-0.39, 0.29) is 13.3 Å². The Bertz CT molecular complexity index is 19.5. The Morgan fingerprint density at radius 2 is 2.33 bits per heavy atom. The zero-order valence-corrected chi connectivity index (χ0v) is 3.52. The quantitative estimate of drug-likeness (QED) is 0.503. The fraction of sp³-hybridized carbons (Fsp3) is 0.750. The maximum atomic E-state index is 11.0. The molecule has 1 radical (unpaired) electrons. The van der Waals surface area contributed by atoms with E-state index in [0.717, 1.165) is 0 Å². The lowest BCUT2D eigenvalue weighted by atomic mass is 10.4. The molecule has 0 aromatic rings. The van der Waals surface area contributed by atoms with Gasteiger partial charge in [0.05, 0.1) is 6.67 Å². The monoisotopic (exact) mass is 91.1 g/mol. The van der Waals surface area contributed by atoms with Crippen LogP contribution in [0.3, 0.4) is 0 Å². The first-order valence-corrected chi connectivity index (χ1v) is 1.90. The molecule has 0 saturated heterocycles. The van der Waals surface area contributed by atoms with Crippen LogP contribution in [-0.2, 0) is 0 Å². The van der Waals surface area contributed by atoms with Crippen molar-refractivity contribution in [2.75, 3.05) is 13.3 Å². The van der Waals surface area contributed by atoms with Gasteiger partial charge in [0.15, 0.2) is 0 Å².